The molecule has 0 bridgehead atoms. The molecule has 0 radical (unpaired) electrons. The van der Waals surface area contributed by atoms with E-state index < -0.39 is 0 Å². The number of unbranched alkanes of at least 4 members (excludes halogenated alkanes) is 1. The van der Waals surface area contributed by atoms with E-state index in [9.17, 15) is 4.79 Å². The molecule has 0 saturated carbocycles. The predicted octanol–water partition coefficient (Wildman–Crippen LogP) is 2.61. The first-order chi connectivity index (χ1) is 12.3. The first kappa shape index (κ1) is 17.6. The highest BCUT2D eigenvalue weighted by molar-refractivity contribution is 5.76. The predicted molar refractivity (Wildman–Crippen MR) is 96.0 cm³/mol. The standard InChI is InChI=1S/C19H26N4O2/c1-2-3-9-18(24)23-14-12-22(13-15-23)11-10-17-20-21-19(25-17)16-7-5-4-6-8-16/h4-8H,2-3,9-15H2,1H3. The van der Waals surface area contributed by atoms with Crippen LogP contribution < -0.4 is 0 Å². The summed E-state index contributed by atoms with van der Waals surface area (Å²) in [4.78, 5) is 16.4. The van der Waals surface area contributed by atoms with Gasteiger partial charge in [0.05, 0.1) is 0 Å². The Morgan fingerprint density at radius 3 is 2.60 bits per heavy atom. The SMILES string of the molecule is CCCCC(=O)N1CCN(CCc2nnc(-c3ccccc3)o2)CC1. The van der Waals surface area contributed by atoms with Gasteiger partial charge in [0, 0.05) is 51.1 Å². The summed E-state index contributed by atoms with van der Waals surface area (Å²) in [6.07, 6.45) is 3.48. The number of benzene rings is 1. The Hall–Kier alpha value is -2.21. The van der Waals surface area contributed by atoms with Crippen LogP contribution in [0.25, 0.3) is 11.5 Å². The van der Waals surface area contributed by atoms with E-state index in [1.165, 1.54) is 0 Å². The minimum Gasteiger partial charge on any atom is -0.421 e. The number of hydrogen-bond donors (Lipinski definition) is 0. The Labute approximate surface area is 148 Å². The number of amides is 1. The van der Waals surface area contributed by atoms with Gasteiger partial charge in [-0.25, -0.2) is 0 Å². The summed E-state index contributed by atoms with van der Waals surface area (Å²) in [6.45, 7) is 6.47. The van der Waals surface area contributed by atoms with E-state index in [1.54, 1.807) is 0 Å². The molecule has 0 aliphatic carbocycles. The van der Waals surface area contributed by atoms with E-state index in [-0.39, 0.29) is 0 Å². The third kappa shape index (κ3) is 4.89. The molecule has 25 heavy (non-hydrogen) atoms. The summed E-state index contributed by atoms with van der Waals surface area (Å²) in [5.74, 6) is 1.54. The number of nitrogens with zero attached hydrogens (tertiary/aromatic N) is 4. The van der Waals surface area contributed by atoms with Crippen LogP contribution in [0.15, 0.2) is 34.7 Å². The maximum absolute atomic E-state index is 12.1. The third-order valence-electron chi connectivity index (χ3n) is 4.60. The molecule has 2 aromatic rings. The van der Waals surface area contributed by atoms with Crippen molar-refractivity contribution in [3.63, 3.8) is 0 Å². The van der Waals surface area contributed by atoms with Gasteiger partial charge in [-0.15, -0.1) is 10.2 Å². The lowest BCUT2D eigenvalue weighted by Crippen LogP contribution is -2.49. The molecule has 6 nitrogen and oxygen atoms in total. The number of carbonyl (C=O) groups is 1. The molecule has 0 N–H and O–H groups in total. The lowest BCUT2D eigenvalue weighted by molar-refractivity contribution is -0.133. The van der Waals surface area contributed by atoms with Crippen LogP contribution in [0.5, 0.6) is 0 Å². The van der Waals surface area contributed by atoms with Crippen molar-refractivity contribution in [2.24, 2.45) is 0 Å². The fraction of sp³-hybridized carbons (Fsp3) is 0.526. The number of carbonyl (C=O) groups excluding carboxylic acids is 1. The zero-order valence-electron chi connectivity index (χ0n) is 14.9. The Morgan fingerprint density at radius 1 is 1.12 bits per heavy atom. The second kappa shape index (κ2) is 8.76. The van der Waals surface area contributed by atoms with Gasteiger partial charge in [-0.3, -0.25) is 9.69 Å². The number of rotatable bonds is 7. The molecule has 3 rings (SSSR count). The zero-order chi connectivity index (χ0) is 17.5. The molecule has 2 heterocycles. The van der Waals surface area contributed by atoms with E-state index in [1.807, 2.05) is 35.2 Å². The van der Waals surface area contributed by atoms with Gasteiger partial charge in [0.15, 0.2) is 0 Å². The van der Waals surface area contributed by atoms with Gasteiger partial charge in [0.25, 0.3) is 0 Å². The maximum atomic E-state index is 12.1. The lowest BCUT2D eigenvalue weighted by atomic mass is 10.2. The van der Waals surface area contributed by atoms with Crippen molar-refractivity contribution >= 4 is 5.91 Å². The molecule has 0 atom stereocenters. The van der Waals surface area contributed by atoms with Crippen LogP contribution in [0.1, 0.15) is 32.1 Å². The van der Waals surface area contributed by atoms with Crippen LogP contribution in [-0.2, 0) is 11.2 Å². The van der Waals surface area contributed by atoms with Gasteiger partial charge in [-0.2, -0.15) is 0 Å². The molecule has 1 saturated heterocycles. The molecule has 0 unspecified atom stereocenters. The summed E-state index contributed by atoms with van der Waals surface area (Å²) >= 11 is 0. The summed E-state index contributed by atoms with van der Waals surface area (Å²) in [5, 5.41) is 8.27. The van der Waals surface area contributed by atoms with Crippen LogP contribution in [0.4, 0.5) is 0 Å². The van der Waals surface area contributed by atoms with Crippen molar-refractivity contribution in [3.05, 3.63) is 36.2 Å². The zero-order valence-corrected chi connectivity index (χ0v) is 14.9. The lowest BCUT2D eigenvalue weighted by Gasteiger charge is -2.34. The molecule has 6 heteroatoms. The molecule has 1 aliphatic rings. The van der Waals surface area contributed by atoms with Crippen LogP contribution in [0, 0.1) is 0 Å². The summed E-state index contributed by atoms with van der Waals surface area (Å²) < 4.78 is 5.75. The van der Waals surface area contributed by atoms with Crippen molar-refractivity contribution in [2.75, 3.05) is 32.7 Å². The highest BCUT2D eigenvalue weighted by atomic mass is 16.4. The van der Waals surface area contributed by atoms with E-state index >= 15 is 0 Å². The van der Waals surface area contributed by atoms with Gasteiger partial charge in [0.2, 0.25) is 17.7 Å². The van der Waals surface area contributed by atoms with Gasteiger partial charge < -0.3 is 9.32 Å². The number of piperazine rings is 1. The van der Waals surface area contributed by atoms with Crippen molar-refractivity contribution in [2.45, 2.75) is 32.6 Å². The van der Waals surface area contributed by atoms with Crippen LogP contribution >= 0.6 is 0 Å². The molecule has 1 fully saturated rings. The molecular formula is C19H26N4O2. The summed E-state index contributed by atoms with van der Waals surface area (Å²) in [5.41, 5.74) is 0.945. The number of aromatic nitrogens is 2. The molecule has 1 aromatic carbocycles. The molecule has 0 spiro atoms. The molecular weight excluding hydrogens is 316 g/mol. The largest absolute Gasteiger partial charge is 0.421 e. The second-order valence-electron chi connectivity index (χ2n) is 6.44. The third-order valence-corrected chi connectivity index (χ3v) is 4.60. The van der Waals surface area contributed by atoms with E-state index in [2.05, 4.69) is 22.0 Å². The first-order valence-electron chi connectivity index (χ1n) is 9.14. The Kier molecular flexibility index (Phi) is 6.17. The smallest absolute Gasteiger partial charge is 0.247 e. The monoisotopic (exact) mass is 342 g/mol. The fourth-order valence-electron chi connectivity index (χ4n) is 3.01. The maximum Gasteiger partial charge on any atom is 0.247 e. The van der Waals surface area contributed by atoms with Gasteiger partial charge in [-0.1, -0.05) is 31.5 Å². The second-order valence-corrected chi connectivity index (χ2v) is 6.44. The van der Waals surface area contributed by atoms with E-state index in [0.29, 0.717) is 24.1 Å². The van der Waals surface area contributed by atoms with Crippen molar-refractivity contribution in [3.8, 4) is 11.5 Å². The summed E-state index contributed by atoms with van der Waals surface area (Å²) in [6, 6.07) is 9.81. The molecule has 1 aliphatic heterocycles. The summed E-state index contributed by atoms with van der Waals surface area (Å²) in [7, 11) is 0. The van der Waals surface area contributed by atoms with Crippen molar-refractivity contribution < 1.29 is 9.21 Å². The fourth-order valence-corrected chi connectivity index (χ4v) is 3.01. The highest BCUT2D eigenvalue weighted by Crippen LogP contribution is 2.17. The molecule has 1 aromatic heterocycles. The minimum absolute atomic E-state index is 0.297. The molecule has 1 amide bonds. The van der Waals surface area contributed by atoms with Gasteiger partial charge >= 0.3 is 0 Å². The van der Waals surface area contributed by atoms with Gasteiger partial charge in [-0.05, 0) is 18.6 Å². The van der Waals surface area contributed by atoms with Crippen molar-refractivity contribution in [1.82, 2.24) is 20.0 Å². The quantitative estimate of drug-likeness (QED) is 0.774. The topological polar surface area (TPSA) is 62.5 Å². The van der Waals surface area contributed by atoms with Gasteiger partial charge in [0.1, 0.15) is 0 Å². The number of hydrogen-bond acceptors (Lipinski definition) is 5. The average molecular weight is 342 g/mol. The minimum atomic E-state index is 0.297. The average Bonchev–Trinajstić information content (AvgIpc) is 3.14. The Morgan fingerprint density at radius 2 is 1.88 bits per heavy atom. The van der Waals surface area contributed by atoms with E-state index in [0.717, 1.165) is 57.5 Å². The van der Waals surface area contributed by atoms with Crippen LogP contribution in [0.3, 0.4) is 0 Å². The van der Waals surface area contributed by atoms with Crippen LogP contribution in [-0.4, -0.2) is 58.6 Å². The highest BCUT2D eigenvalue weighted by Gasteiger charge is 2.20. The Bertz CT molecular complexity index is 663. The first-order valence-corrected chi connectivity index (χ1v) is 9.14. The normalized spacial score (nSPS) is 15.5. The van der Waals surface area contributed by atoms with Crippen LogP contribution in [0.2, 0.25) is 0 Å². The Balaban J connectivity index is 1.43. The molecule has 134 valence electrons. The van der Waals surface area contributed by atoms with Crippen molar-refractivity contribution in [1.29, 1.82) is 0 Å². The van der Waals surface area contributed by atoms with E-state index in [4.69, 9.17) is 4.42 Å².